The maximum absolute atomic E-state index is 12.1. The van der Waals surface area contributed by atoms with Crippen LogP contribution in [0.4, 0.5) is 0 Å². The zero-order valence-corrected chi connectivity index (χ0v) is 12.1. The summed E-state index contributed by atoms with van der Waals surface area (Å²) in [6, 6.07) is 7.09. The number of aromatic nitrogens is 3. The van der Waals surface area contributed by atoms with Gasteiger partial charge in [-0.05, 0) is 12.1 Å². The highest BCUT2D eigenvalue weighted by molar-refractivity contribution is 5.82. The van der Waals surface area contributed by atoms with E-state index in [9.17, 15) is 14.4 Å². The quantitative estimate of drug-likeness (QED) is 0.639. The molecule has 0 saturated carbocycles. The third kappa shape index (κ3) is 2.91. The first-order chi connectivity index (χ1) is 11.1. The molecule has 0 fully saturated rings. The number of amides is 1. The van der Waals surface area contributed by atoms with Crippen molar-refractivity contribution in [3.8, 4) is 0 Å². The van der Waals surface area contributed by atoms with Gasteiger partial charge in [-0.25, -0.2) is 4.52 Å². The summed E-state index contributed by atoms with van der Waals surface area (Å²) >= 11 is 0. The van der Waals surface area contributed by atoms with Crippen LogP contribution in [0, 0.1) is 0 Å². The molecule has 0 aliphatic rings. The number of H-pyrrole nitrogens is 1. The van der Waals surface area contributed by atoms with E-state index in [2.05, 4.69) is 15.4 Å². The first-order valence-electron chi connectivity index (χ1n) is 7.02. The van der Waals surface area contributed by atoms with Gasteiger partial charge in [-0.1, -0.05) is 12.1 Å². The van der Waals surface area contributed by atoms with Crippen molar-refractivity contribution in [1.82, 2.24) is 19.9 Å². The molecule has 3 aromatic rings. The SMILES string of the molecule is O=C(O)CCC(=O)NCc1cnn2c1[nH]c(=O)c1ccccc12. The van der Waals surface area contributed by atoms with Crippen LogP contribution >= 0.6 is 0 Å². The van der Waals surface area contributed by atoms with Crippen LogP contribution in [0.25, 0.3) is 16.6 Å². The summed E-state index contributed by atoms with van der Waals surface area (Å²) in [4.78, 5) is 36.9. The number of hydrogen-bond donors (Lipinski definition) is 3. The van der Waals surface area contributed by atoms with Crippen molar-refractivity contribution in [2.75, 3.05) is 0 Å². The number of hydrogen-bond acceptors (Lipinski definition) is 4. The summed E-state index contributed by atoms with van der Waals surface area (Å²) in [6.45, 7) is 0.163. The normalized spacial score (nSPS) is 11.0. The van der Waals surface area contributed by atoms with Crippen molar-refractivity contribution in [2.45, 2.75) is 19.4 Å². The highest BCUT2D eigenvalue weighted by Gasteiger charge is 2.11. The minimum Gasteiger partial charge on any atom is -0.481 e. The molecular weight excluding hydrogens is 300 g/mol. The Labute approximate surface area is 129 Å². The van der Waals surface area contributed by atoms with Gasteiger partial charge in [0.25, 0.3) is 5.56 Å². The van der Waals surface area contributed by atoms with Gasteiger partial charge in [-0.15, -0.1) is 0 Å². The average Bonchev–Trinajstić information content (AvgIpc) is 2.94. The molecule has 23 heavy (non-hydrogen) atoms. The monoisotopic (exact) mass is 314 g/mol. The lowest BCUT2D eigenvalue weighted by molar-refractivity contribution is -0.138. The molecule has 3 N–H and O–H groups in total. The van der Waals surface area contributed by atoms with Gasteiger partial charge < -0.3 is 15.4 Å². The Morgan fingerprint density at radius 1 is 1.26 bits per heavy atom. The number of aliphatic carboxylic acids is 1. The van der Waals surface area contributed by atoms with Gasteiger partial charge in [0.15, 0.2) is 0 Å². The summed E-state index contributed by atoms with van der Waals surface area (Å²) in [5.74, 6) is -1.39. The lowest BCUT2D eigenvalue weighted by Crippen LogP contribution is -2.23. The first kappa shape index (κ1) is 14.8. The number of benzene rings is 1. The highest BCUT2D eigenvalue weighted by atomic mass is 16.4. The van der Waals surface area contributed by atoms with Gasteiger partial charge in [-0.2, -0.15) is 5.10 Å². The van der Waals surface area contributed by atoms with Gasteiger partial charge in [0.05, 0.1) is 23.5 Å². The number of carbonyl (C=O) groups excluding carboxylic acids is 1. The van der Waals surface area contributed by atoms with Crippen LogP contribution in [0.15, 0.2) is 35.3 Å². The Morgan fingerprint density at radius 3 is 2.83 bits per heavy atom. The van der Waals surface area contributed by atoms with Crippen molar-refractivity contribution in [2.24, 2.45) is 0 Å². The summed E-state index contributed by atoms with van der Waals surface area (Å²) in [6.07, 6.45) is 1.26. The fourth-order valence-corrected chi connectivity index (χ4v) is 2.36. The minimum absolute atomic E-state index is 0.0893. The van der Waals surface area contributed by atoms with E-state index in [1.807, 2.05) is 6.07 Å². The average molecular weight is 314 g/mol. The van der Waals surface area contributed by atoms with E-state index in [0.29, 0.717) is 22.1 Å². The van der Waals surface area contributed by atoms with Crippen molar-refractivity contribution < 1.29 is 14.7 Å². The Balaban J connectivity index is 1.87. The maximum atomic E-state index is 12.1. The minimum atomic E-state index is -1.02. The predicted octanol–water partition coefficient (Wildman–Crippen LogP) is 0.657. The molecule has 0 aliphatic heterocycles. The van der Waals surface area contributed by atoms with E-state index in [1.165, 1.54) is 0 Å². The second-order valence-electron chi connectivity index (χ2n) is 5.07. The molecule has 8 nitrogen and oxygen atoms in total. The Hall–Kier alpha value is -3.16. The molecule has 0 unspecified atom stereocenters. The van der Waals surface area contributed by atoms with Crippen LogP contribution in [0.3, 0.4) is 0 Å². The molecule has 0 spiro atoms. The van der Waals surface area contributed by atoms with E-state index in [-0.39, 0.29) is 30.9 Å². The molecule has 118 valence electrons. The molecule has 0 aliphatic carbocycles. The van der Waals surface area contributed by atoms with Crippen LogP contribution in [-0.4, -0.2) is 31.6 Å². The maximum Gasteiger partial charge on any atom is 0.303 e. The van der Waals surface area contributed by atoms with Crippen LogP contribution in [0.1, 0.15) is 18.4 Å². The summed E-state index contributed by atoms with van der Waals surface area (Å²) < 4.78 is 1.61. The second-order valence-corrected chi connectivity index (χ2v) is 5.07. The zero-order chi connectivity index (χ0) is 16.4. The number of fused-ring (bicyclic) bond motifs is 3. The largest absolute Gasteiger partial charge is 0.481 e. The molecule has 1 amide bonds. The van der Waals surface area contributed by atoms with E-state index in [1.54, 1.807) is 28.9 Å². The summed E-state index contributed by atoms with van der Waals surface area (Å²) in [5.41, 5.74) is 1.60. The zero-order valence-electron chi connectivity index (χ0n) is 12.1. The molecule has 2 aromatic heterocycles. The third-order valence-corrected chi connectivity index (χ3v) is 3.50. The Bertz CT molecular complexity index is 957. The number of aromatic amines is 1. The van der Waals surface area contributed by atoms with Gasteiger partial charge in [0.2, 0.25) is 5.91 Å². The van der Waals surface area contributed by atoms with E-state index >= 15 is 0 Å². The number of nitrogens with one attached hydrogen (secondary N) is 2. The fourth-order valence-electron chi connectivity index (χ4n) is 2.36. The standard InChI is InChI=1S/C15H14N4O4/c20-12(5-6-13(21)22)16-7-9-8-17-19-11-4-2-1-3-10(11)15(23)18-14(9)19/h1-4,8H,5-7H2,(H,16,20)(H,18,23)(H,21,22). The lowest BCUT2D eigenvalue weighted by atomic mass is 10.2. The lowest BCUT2D eigenvalue weighted by Gasteiger charge is -2.04. The van der Waals surface area contributed by atoms with Gasteiger partial charge >= 0.3 is 5.97 Å². The molecule has 0 saturated heterocycles. The van der Waals surface area contributed by atoms with Crippen molar-refractivity contribution in [3.05, 3.63) is 46.4 Å². The molecule has 3 rings (SSSR count). The fraction of sp³-hybridized carbons (Fsp3) is 0.200. The summed E-state index contributed by atoms with van der Waals surface area (Å²) in [7, 11) is 0. The van der Waals surface area contributed by atoms with Crippen LogP contribution in [0.5, 0.6) is 0 Å². The predicted molar refractivity (Wildman–Crippen MR) is 82.0 cm³/mol. The van der Waals surface area contributed by atoms with Crippen molar-refractivity contribution in [1.29, 1.82) is 0 Å². The third-order valence-electron chi connectivity index (χ3n) is 3.50. The van der Waals surface area contributed by atoms with Crippen LogP contribution in [-0.2, 0) is 16.1 Å². The molecule has 8 heteroatoms. The molecule has 0 bridgehead atoms. The number of nitrogens with zero attached hydrogens (tertiary/aromatic N) is 2. The second kappa shape index (κ2) is 5.91. The van der Waals surface area contributed by atoms with E-state index < -0.39 is 5.97 Å². The number of rotatable bonds is 5. The van der Waals surface area contributed by atoms with Gasteiger partial charge in [-0.3, -0.25) is 14.4 Å². The number of carboxylic acids is 1. The van der Waals surface area contributed by atoms with E-state index in [4.69, 9.17) is 5.11 Å². The smallest absolute Gasteiger partial charge is 0.303 e. The van der Waals surface area contributed by atoms with E-state index in [0.717, 1.165) is 0 Å². The number of carbonyl (C=O) groups is 2. The summed E-state index contributed by atoms with van der Waals surface area (Å²) in [5, 5.41) is 15.9. The van der Waals surface area contributed by atoms with Crippen molar-refractivity contribution >= 4 is 28.4 Å². The number of carboxylic acid groups (broad SMARTS) is 1. The first-order valence-corrected chi connectivity index (χ1v) is 7.02. The van der Waals surface area contributed by atoms with Gasteiger partial charge in [0.1, 0.15) is 5.65 Å². The topological polar surface area (TPSA) is 117 Å². The Morgan fingerprint density at radius 2 is 2.04 bits per heavy atom. The molecular formula is C15H14N4O4. The molecule has 1 aromatic carbocycles. The van der Waals surface area contributed by atoms with Crippen LogP contribution in [0.2, 0.25) is 0 Å². The molecule has 0 atom stereocenters. The number of para-hydroxylation sites is 1. The van der Waals surface area contributed by atoms with Crippen LogP contribution < -0.4 is 10.9 Å². The highest BCUT2D eigenvalue weighted by Crippen LogP contribution is 2.13. The molecule has 2 heterocycles. The Kier molecular flexibility index (Phi) is 3.80. The van der Waals surface area contributed by atoms with Gasteiger partial charge in [0, 0.05) is 18.5 Å². The van der Waals surface area contributed by atoms with Crippen molar-refractivity contribution in [3.63, 3.8) is 0 Å². The molecule has 0 radical (unpaired) electrons.